The Morgan fingerprint density at radius 1 is 0.955 bits per heavy atom. The number of aromatic nitrogens is 2. The van der Waals surface area contributed by atoms with Crippen molar-refractivity contribution < 1.29 is 0 Å². The zero-order valence-corrected chi connectivity index (χ0v) is 12.4. The number of aromatic amines is 1. The monoisotopic (exact) mass is 289 g/mol. The minimum atomic E-state index is 0.468. The summed E-state index contributed by atoms with van der Waals surface area (Å²) < 4.78 is 0. The first-order chi connectivity index (χ1) is 10.9. The lowest BCUT2D eigenvalue weighted by molar-refractivity contribution is 0.611. The third-order valence-corrected chi connectivity index (χ3v) is 4.41. The van der Waals surface area contributed by atoms with E-state index in [1.807, 2.05) is 12.3 Å². The molecule has 0 bridgehead atoms. The van der Waals surface area contributed by atoms with Gasteiger partial charge < -0.3 is 5.32 Å². The number of aryl methyl sites for hydroxylation is 1. The highest BCUT2D eigenvalue weighted by molar-refractivity contribution is 5.73. The predicted octanol–water partition coefficient (Wildman–Crippen LogP) is 4.05. The summed E-state index contributed by atoms with van der Waals surface area (Å²) >= 11 is 0. The third kappa shape index (κ3) is 2.50. The zero-order valence-electron chi connectivity index (χ0n) is 12.4. The van der Waals surface area contributed by atoms with Crippen molar-refractivity contribution in [2.75, 3.05) is 5.32 Å². The molecule has 3 nitrogen and oxygen atoms in total. The summed E-state index contributed by atoms with van der Waals surface area (Å²) in [6.07, 6.45) is 5.28. The van der Waals surface area contributed by atoms with Crippen LogP contribution in [0.5, 0.6) is 0 Å². The van der Waals surface area contributed by atoms with E-state index in [1.165, 1.54) is 16.7 Å². The molecule has 1 heterocycles. The molecular weight excluding hydrogens is 270 g/mol. The number of benzene rings is 2. The first-order valence-electron chi connectivity index (χ1n) is 7.82. The zero-order chi connectivity index (χ0) is 14.8. The first-order valence-corrected chi connectivity index (χ1v) is 7.82. The molecule has 0 spiro atoms. The molecule has 0 saturated carbocycles. The molecule has 2 aromatic carbocycles. The molecule has 3 heteroatoms. The van der Waals surface area contributed by atoms with E-state index in [9.17, 15) is 0 Å². The van der Waals surface area contributed by atoms with E-state index in [4.69, 9.17) is 0 Å². The van der Waals surface area contributed by atoms with Gasteiger partial charge >= 0.3 is 0 Å². The highest BCUT2D eigenvalue weighted by atomic mass is 15.1. The van der Waals surface area contributed by atoms with Crippen molar-refractivity contribution in [2.24, 2.45) is 0 Å². The molecule has 1 aliphatic rings. The van der Waals surface area contributed by atoms with E-state index >= 15 is 0 Å². The molecule has 1 atom stereocenters. The highest BCUT2D eigenvalue weighted by Crippen LogP contribution is 2.28. The molecule has 22 heavy (non-hydrogen) atoms. The summed E-state index contributed by atoms with van der Waals surface area (Å²) in [6, 6.07) is 19.6. The van der Waals surface area contributed by atoms with Gasteiger partial charge in [0.2, 0.25) is 0 Å². The SMILES string of the molecule is c1ccc(-c2[nH]ncc2NC2CCc3ccccc3C2)cc1. The molecule has 1 aromatic heterocycles. The Balaban J connectivity index is 1.55. The molecule has 2 N–H and O–H groups in total. The van der Waals surface area contributed by atoms with Crippen LogP contribution >= 0.6 is 0 Å². The number of nitrogens with zero attached hydrogens (tertiary/aromatic N) is 1. The fraction of sp³-hybridized carbons (Fsp3) is 0.211. The van der Waals surface area contributed by atoms with Gasteiger partial charge in [-0.3, -0.25) is 5.10 Å². The van der Waals surface area contributed by atoms with Crippen molar-refractivity contribution in [3.63, 3.8) is 0 Å². The van der Waals surface area contributed by atoms with Crippen LogP contribution in [0, 0.1) is 0 Å². The molecule has 0 amide bonds. The Morgan fingerprint density at radius 2 is 1.73 bits per heavy atom. The van der Waals surface area contributed by atoms with E-state index in [1.54, 1.807) is 0 Å². The maximum Gasteiger partial charge on any atom is 0.0882 e. The Bertz CT molecular complexity index is 761. The summed E-state index contributed by atoms with van der Waals surface area (Å²) in [5, 5.41) is 11.0. The van der Waals surface area contributed by atoms with Gasteiger partial charge in [-0.2, -0.15) is 5.10 Å². The summed E-state index contributed by atoms with van der Waals surface area (Å²) in [7, 11) is 0. The maximum absolute atomic E-state index is 4.22. The molecule has 0 saturated heterocycles. The second-order valence-electron chi connectivity index (χ2n) is 5.88. The number of hydrogen-bond acceptors (Lipinski definition) is 2. The van der Waals surface area contributed by atoms with Crippen molar-refractivity contribution in [1.82, 2.24) is 10.2 Å². The van der Waals surface area contributed by atoms with Gasteiger partial charge in [0.1, 0.15) is 0 Å². The Labute approximate surface area is 130 Å². The van der Waals surface area contributed by atoms with Gasteiger partial charge in [0, 0.05) is 11.6 Å². The van der Waals surface area contributed by atoms with Crippen LogP contribution in [0.1, 0.15) is 17.5 Å². The lowest BCUT2D eigenvalue weighted by Gasteiger charge is -2.26. The van der Waals surface area contributed by atoms with Gasteiger partial charge in [-0.15, -0.1) is 0 Å². The van der Waals surface area contributed by atoms with Gasteiger partial charge in [-0.05, 0) is 30.4 Å². The molecule has 0 aliphatic heterocycles. The van der Waals surface area contributed by atoms with Crippen molar-refractivity contribution in [2.45, 2.75) is 25.3 Å². The quantitative estimate of drug-likeness (QED) is 0.764. The van der Waals surface area contributed by atoms with Crippen LogP contribution < -0.4 is 5.32 Å². The van der Waals surface area contributed by atoms with Crippen LogP contribution in [0.3, 0.4) is 0 Å². The van der Waals surface area contributed by atoms with E-state index in [-0.39, 0.29) is 0 Å². The average Bonchev–Trinajstić information content (AvgIpc) is 3.04. The van der Waals surface area contributed by atoms with Gasteiger partial charge in [-0.25, -0.2) is 0 Å². The van der Waals surface area contributed by atoms with Crippen LogP contribution in [-0.2, 0) is 12.8 Å². The topological polar surface area (TPSA) is 40.7 Å². The number of hydrogen-bond donors (Lipinski definition) is 2. The molecule has 0 radical (unpaired) electrons. The highest BCUT2D eigenvalue weighted by Gasteiger charge is 2.19. The molecule has 3 aromatic rings. The minimum absolute atomic E-state index is 0.468. The smallest absolute Gasteiger partial charge is 0.0882 e. The first kappa shape index (κ1) is 13.1. The lowest BCUT2D eigenvalue weighted by atomic mass is 9.88. The fourth-order valence-electron chi connectivity index (χ4n) is 3.26. The van der Waals surface area contributed by atoms with E-state index in [2.05, 4.69) is 64.0 Å². The van der Waals surface area contributed by atoms with Crippen LogP contribution in [-0.4, -0.2) is 16.2 Å². The lowest BCUT2D eigenvalue weighted by Crippen LogP contribution is -2.27. The van der Waals surface area contributed by atoms with Gasteiger partial charge in [0.25, 0.3) is 0 Å². The molecule has 4 rings (SSSR count). The van der Waals surface area contributed by atoms with E-state index < -0.39 is 0 Å². The van der Waals surface area contributed by atoms with Crippen LogP contribution in [0.2, 0.25) is 0 Å². The number of H-pyrrole nitrogens is 1. The van der Waals surface area contributed by atoms with Crippen molar-refractivity contribution in [3.05, 3.63) is 71.9 Å². The third-order valence-electron chi connectivity index (χ3n) is 4.41. The normalized spacial score (nSPS) is 17.0. The summed E-state index contributed by atoms with van der Waals surface area (Å²) in [4.78, 5) is 0. The van der Waals surface area contributed by atoms with Gasteiger partial charge in [0.15, 0.2) is 0 Å². The largest absolute Gasteiger partial charge is 0.379 e. The van der Waals surface area contributed by atoms with Crippen LogP contribution in [0.15, 0.2) is 60.8 Å². The van der Waals surface area contributed by atoms with Crippen molar-refractivity contribution in [3.8, 4) is 11.3 Å². The summed E-state index contributed by atoms with van der Waals surface area (Å²) in [6.45, 7) is 0. The Kier molecular flexibility index (Phi) is 3.39. The Hall–Kier alpha value is -2.55. The van der Waals surface area contributed by atoms with Gasteiger partial charge in [0.05, 0.1) is 17.6 Å². The maximum atomic E-state index is 4.22. The number of anilines is 1. The molecule has 0 fully saturated rings. The number of nitrogens with one attached hydrogen (secondary N) is 2. The molecule has 1 aliphatic carbocycles. The van der Waals surface area contributed by atoms with E-state index in [0.29, 0.717) is 6.04 Å². The summed E-state index contributed by atoms with van der Waals surface area (Å²) in [5.41, 5.74) is 6.29. The standard InChI is InChI=1S/C19H19N3/c1-2-7-15(8-3-1)19-18(13-20-22-19)21-17-11-10-14-6-4-5-9-16(14)12-17/h1-9,13,17,21H,10-12H2,(H,20,22). The fourth-order valence-corrected chi connectivity index (χ4v) is 3.26. The Morgan fingerprint density at radius 3 is 2.59 bits per heavy atom. The molecule has 110 valence electrons. The second kappa shape index (κ2) is 5.68. The number of fused-ring (bicyclic) bond motifs is 1. The van der Waals surface area contributed by atoms with Gasteiger partial charge in [-0.1, -0.05) is 54.6 Å². The van der Waals surface area contributed by atoms with E-state index in [0.717, 1.165) is 30.6 Å². The second-order valence-corrected chi connectivity index (χ2v) is 5.88. The predicted molar refractivity (Wildman–Crippen MR) is 89.9 cm³/mol. The number of rotatable bonds is 3. The van der Waals surface area contributed by atoms with Crippen LogP contribution in [0.4, 0.5) is 5.69 Å². The molecular formula is C19H19N3. The van der Waals surface area contributed by atoms with Crippen molar-refractivity contribution in [1.29, 1.82) is 0 Å². The molecule has 1 unspecified atom stereocenters. The summed E-state index contributed by atoms with van der Waals surface area (Å²) in [5.74, 6) is 0. The van der Waals surface area contributed by atoms with Crippen LogP contribution in [0.25, 0.3) is 11.3 Å². The average molecular weight is 289 g/mol. The van der Waals surface area contributed by atoms with Crippen molar-refractivity contribution >= 4 is 5.69 Å². The minimum Gasteiger partial charge on any atom is -0.379 e.